The van der Waals surface area contributed by atoms with Crippen molar-refractivity contribution in [3.63, 3.8) is 0 Å². The van der Waals surface area contributed by atoms with Crippen LogP contribution in [0, 0.1) is 5.41 Å². The Hall–Kier alpha value is -0.830. The van der Waals surface area contributed by atoms with E-state index in [2.05, 4.69) is 11.0 Å². The highest BCUT2D eigenvalue weighted by atomic mass is 16.1. The first-order valence-corrected chi connectivity index (χ1v) is 4.72. The van der Waals surface area contributed by atoms with E-state index in [9.17, 15) is 4.79 Å². The lowest BCUT2D eigenvalue weighted by Crippen LogP contribution is -2.37. The number of hydrogen-bond acceptors (Lipinski definition) is 2. The molecule has 1 saturated heterocycles. The van der Waals surface area contributed by atoms with Crippen molar-refractivity contribution in [1.82, 2.24) is 4.90 Å². The molecule has 3 nitrogen and oxygen atoms in total. The normalized spacial score (nSPS) is 30.0. The third kappa shape index (κ3) is 2.31. The topological polar surface area (TPSA) is 46.3 Å². The quantitative estimate of drug-likeness (QED) is 0.655. The first-order valence-electron chi connectivity index (χ1n) is 4.72. The second-order valence-corrected chi connectivity index (χ2v) is 3.98. The van der Waals surface area contributed by atoms with Crippen molar-refractivity contribution >= 4 is 5.91 Å². The predicted molar refractivity (Wildman–Crippen MR) is 53.2 cm³/mol. The molecule has 74 valence electrons. The van der Waals surface area contributed by atoms with Crippen LogP contribution >= 0.6 is 0 Å². The zero-order valence-electron chi connectivity index (χ0n) is 8.42. The number of carbonyl (C=O) groups is 1. The lowest BCUT2D eigenvalue weighted by molar-refractivity contribution is -0.126. The summed E-state index contributed by atoms with van der Waals surface area (Å²) in [5.41, 5.74) is 5.04. The van der Waals surface area contributed by atoms with E-state index >= 15 is 0 Å². The third-order valence-corrected chi connectivity index (χ3v) is 2.75. The van der Waals surface area contributed by atoms with Crippen LogP contribution in [-0.2, 0) is 4.79 Å². The van der Waals surface area contributed by atoms with Gasteiger partial charge in [0.25, 0.3) is 0 Å². The second kappa shape index (κ2) is 3.92. The molecule has 13 heavy (non-hydrogen) atoms. The summed E-state index contributed by atoms with van der Waals surface area (Å²) < 4.78 is 0. The maximum absolute atomic E-state index is 11.1. The van der Waals surface area contributed by atoms with Gasteiger partial charge >= 0.3 is 0 Å². The van der Waals surface area contributed by atoms with Gasteiger partial charge in [0.2, 0.25) is 5.91 Å². The van der Waals surface area contributed by atoms with E-state index in [-0.39, 0.29) is 11.3 Å². The molecule has 1 aliphatic rings. The number of rotatable bonds is 3. The van der Waals surface area contributed by atoms with Gasteiger partial charge < -0.3 is 5.73 Å². The molecule has 0 spiro atoms. The number of allylic oxidation sites excluding steroid dienone is 1. The summed E-state index contributed by atoms with van der Waals surface area (Å²) in [5, 5.41) is 0. The van der Waals surface area contributed by atoms with Gasteiger partial charge in [-0.3, -0.25) is 9.69 Å². The highest BCUT2D eigenvalue weighted by Gasteiger charge is 2.38. The Labute approximate surface area is 79.6 Å². The zero-order valence-corrected chi connectivity index (χ0v) is 8.42. The van der Waals surface area contributed by atoms with Gasteiger partial charge in [0, 0.05) is 13.1 Å². The predicted octanol–water partition coefficient (Wildman–Crippen LogP) is 0.760. The Morgan fingerprint density at radius 1 is 1.69 bits per heavy atom. The molecule has 0 aromatic carbocycles. The number of primary amides is 1. The van der Waals surface area contributed by atoms with Crippen molar-refractivity contribution in [2.45, 2.75) is 20.3 Å². The number of nitrogens with zero attached hydrogens (tertiary/aromatic N) is 1. The standard InChI is InChI=1S/C10H18N2O/c1-3-4-6-12-7-5-10(2,8-12)9(11)13/h3-4H,5-8H2,1-2H3,(H2,11,13)/b4-3+. The van der Waals surface area contributed by atoms with Crippen LogP contribution in [0.5, 0.6) is 0 Å². The summed E-state index contributed by atoms with van der Waals surface area (Å²) in [5.74, 6) is -0.171. The first-order chi connectivity index (χ1) is 6.08. The summed E-state index contributed by atoms with van der Waals surface area (Å²) in [4.78, 5) is 13.4. The van der Waals surface area contributed by atoms with Crippen molar-refractivity contribution in [2.24, 2.45) is 11.1 Å². The maximum Gasteiger partial charge on any atom is 0.224 e. The number of hydrogen-bond donors (Lipinski definition) is 1. The fourth-order valence-corrected chi connectivity index (χ4v) is 1.67. The molecule has 1 atom stereocenters. The van der Waals surface area contributed by atoms with Crippen LogP contribution in [0.1, 0.15) is 20.3 Å². The molecule has 1 heterocycles. The van der Waals surface area contributed by atoms with Crippen LogP contribution in [0.4, 0.5) is 0 Å². The summed E-state index contributed by atoms with van der Waals surface area (Å²) in [6.45, 7) is 6.66. The van der Waals surface area contributed by atoms with Gasteiger partial charge in [-0.2, -0.15) is 0 Å². The lowest BCUT2D eigenvalue weighted by Gasteiger charge is -2.19. The zero-order chi connectivity index (χ0) is 9.90. The van der Waals surface area contributed by atoms with Gasteiger partial charge in [0.15, 0.2) is 0 Å². The van der Waals surface area contributed by atoms with Crippen LogP contribution in [0.25, 0.3) is 0 Å². The Balaban J connectivity index is 2.48. The minimum Gasteiger partial charge on any atom is -0.369 e. The van der Waals surface area contributed by atoms with E-state index in [0.29, 0.717) is 0 Å². The third-order valence-electron chi connectivity index (χ3n) is 2.75. The first kappa shape index (κ1) is 10.3. The SMILES string of the molecule is C/C=C/CN1CCC(C)(C(N)=O)C1. The molecule has 0 aromatic rings. The molecule has 1 amide bonds. The van der Waals surface area contributed by atoms with Crippen LogP contribution < -0.4 is 5.73 Å². The molecule has 0 radical (unpaired) electrons. The molecule has 1 unspecified atom stereocenters. The number of amides is 1. The van der Waals surface area contributed by atoms with E-state index in [1.54, 1.807) is 0 Å². The van der Waals surface area contributed by atoms with Gasteiger partial charge in [0.1, 0.15) is 0 Å². The van der Waals surface area contributed by atoms with Crippen molar-refractivity contribution in [3.8, 4) is 0 Å². The smallest absolute Gasteiger partial charge is 0.224 e. The molecular formula is C10H18N2O. The van der Waals surface area contributed by atoms with Gasteiger partial charge in [0.05, 0.1) is 5.41 Å². The van der Waals surface area contributed by atoms with E-state index in [0.717, 1.165) is 26.1 Å². The van der Waals surface area contributed by atoms with Gasteiger partial charge in [-0.15, -0.1) is 0 Å². The molecule has 3 heteroatoms. The summed E-state index contributed by atoms with van der Waals surface area (Å²) in [6, 6.07) is 0. The molecule has 1 fully saturated rings. The van der Waals surface area contributed by atoms with Crippen molar-refractivity contribution in [3.05, 3.63) is 12.2 Å². The van der Waals surface area contributed by atoms with E-state index in [1.165, 1.54) is 0 Å². The Bertz CT molecular complexity index is 225. The monoisotopic (exact) mass is 182 g/mol. The maximum atomic E-state index is 11.1. The van der Waals surface area contributed by atoms with Crippen LogP contribution in [0.15, 0.2) is 12.2 Å². The number of carbonyl (C=O) groups excluding carboxylic acids is 1. The summed E-state index contributed by atoms with van der Waals surface area (Å²) in [7, 11) is 0. The molecule has 0 saturated carbocycles. The van der Waals surface area contributed by atoms with Gasteiger partial charge in [-0.25, -0.2) is 0 Å². The minimum atomic E-state index is -0.304. The minimum absolute atomic E-state index is 0.171. The number of likely N-dealkylation sites (tertiary alicyclic amines) is 1. The van der Waals surface area contributed by atoms with E-state index in [4.69, 9.17) is 5.73 Å². The van der Waals surface area contributed by atoms with Crippen LogP contribution in [-0.4, -0.2) is 30.4 Å². The van der Waals surface area contributed by atoms with Crippen molar-refractivity contribution in [1.29, 1.82) is 0 Å². The molecular weight excluding hydrogens is 164 g/mol. The van der Waals surface area contributed by atoms with Crippen LogP contribution in [0.3, 0.4) is 0 Å². The van der Waals surface area contributed by atoms with Crippen LogP contribution in [0.2, 0.25) is 0 Å². The molecule has 0 aromatic heterocycles. The molecule has 1 rings (SSSR count). The average molecular weight is 182 g/mol. The molecule has 0 aliphatic carbocycles. The highest BCUT2D eigenvalue weighted by molar-refractivity contribution is 5.81. The highest BCUT2D eigenvalue weighted by Crippen LogP contribution is 2.28. The van der Waals surface area contributed by atoms with Gasteiger partial charge in [-0.1, -0.05) is 12.2 Å². The Morgan fingerprint density at radius 3 is 2.85 bits per heavy atom. The largest absolute Gasteiger partial charge is 0.369 e. The van der Waals surface area contributed by atoms with E-state index < -0.39 is 0 Å². The van der Waals surface area contributed by atoms with Gasteiger partial charge in [-0.05, 0) is 26.8 Å². The molecule has 1 aliphatic heterocycles. The van der Waals surface area contributed by atoms with Crippen molar-refractivity contribution in [2.75, 3.05) is 19.6 Å². The fourth-order valence-electron chi connectivity index (χ4n) is 1.67. The van der Waals surface area contributed by atoms with Crippen molar-refractivity contribution < 1.29 is 4.79 Å². The summed E-state index contributed by atoms with van der Waals surface area (Å²) in [6.07, 6.45) is 5.02. The average Bonchev–Trinajstić information content (AvgIpc) is 2.45. The molecule has 2 N–H and O–H groups in total. The number of nitrogens with two attached hydrogens (primary N) is 1. The second-order valence-electron chi connectivity index (χ2n) is 3.98. The molecule has 0 bridgehead atoms. The fraction of sp³-hybridized carbons (Fsp3) is 0.700. The Kier molecular flexibility index (Phi) is 3.09. The van der Waals surface area contributed by atoms with E-state index in [1.807, 2.05) is 19.9 Å². The lowest BCUT2D eigenvalue weighted by atomic mass is 9.89. The summed E-state index contributed by atoms with van der Waals surface area (Å²) >= 11 is 0. The Morgan fingerprint density at radius 2 is 2.38 bits per heavy atom.